The number of hydrogen-bond donors (Lipinski definition) is 3. The largest absolute Gasteiger partial charge is 0.481 e. The Morgan fingerprint density at radius 1 is 1.33 bits per heavy atom. The van der Waals surface area contributed by atoms with Crippen LogP contribution in [0, 0.1) is 0 Å². The predicted octanol–water partition coefficient (Wildman–Crippen LogP) is 1.46. The molecule has 0 saturated heterocycles. The average molecular weight is 290 g/mol. The third-order valence-electron chi connectivity index (χ3n) is 3.82. The molecular weight excluding hydrogens is 268 g/mol. The lowest BCUT2D eigenvalue weighted by atomic mass is 9.93. The summed E-state index contributed by atoms with van der Waals surface area (Å²) in [5.74, 6) is -0.915. The number of carbonyl (C=O) groups excluding carboxylic acids is 1. The minimum atomic E-state index is -0.845. The fraction of sp³-hybridized carbons (Fsp3) is 0.500. The van der Waals surface area contributed by atoms with Gasteiger partial charge >= 0.3 is 5.97 Å². The monoisotopic (exact) mass is 290 g/mol. The fourth-order valence-electron chi connectivity index (χ4n) is 2.54. The molecule has 0 aromatic heterocycles. The Morgan fingerprint density at radius 2 is 2.00 bits per heavy atom. The van der Waals surface area contributed by atoms with E-state index in [9.17, 15) is 9.59 Å². The first kappa shape index (κ1) is 15.5. The molecule has 2 rings (SSSR count). The number of rotatable bonds is 5. The molecule has 0 aliphatic carbocycles. The average Bonchev–Trinajstić information content (AvgIpc) is 2.44. The van der Waals surface area contributed by atoms with E-state index in [1.165, 1.54) is 11.1 Å². The van der Waals surface area contributed by atoms with Crippen molar-refractivity contribution in [1.82, 2.24) is 10.6 Å². The summed E-state index contributed by atoms with van der Waals surface area (Å²) in [6.45, 7) is 4.39. The number of aliphatic carboxylic acids is 1. The van der Waals surface area contributed by atoms with Gasteiger partial charge in [-0.2, -0.15) is 0 Å². The van der Waals surface area contributed by atoms with Crippen molar-refractivity contribution in [3.8, 4) is 0 Å². The van der Waals surface area contributed by atoms with Crippen LogP contribution in [0.3, 0.4) is 0 Å². The molecular formula is C16H22N2O3. The Hall–Kier alpha value is -1.88. The van der Waals surface area contributed by atoms with Crippen molar-refractivity contribution in [3.63, 3.8) is 0 Å². The lowest BCUT2D eigenvalue weighted by molar-refractivity contribution is -0.138. The predicted molar refractivity (Wildman–Crippen MR) is 79.9 cm³/mol. The van der Waals surface area contributed by atoms with Gasteiger partial charge in [0.25, 0.3) is 0 Å². The highest BCUT2D eigenvalue weighted by molar-refractivity contribution is 5.83. The van der Waals surface area contributed by atoms with Gasteiger partial charge in [0, 0.05) is 18.5 Å². The van der Waals surface area contributed by atoms with Gasteiger partial charge in [-0.1, -0.05) is 24.3 Å². The fourth-order valence-corrected chi connectivity index (χ4v) is 2.54. The quantitative estimate of drug-likeness (QED) is 0.767. The summed E-state index contributed by atoms with van der Waals surface area (Å²) in [5, 5.41) is 14.9. The van der Waals surface area contributed by atoms with Crippen LogP contribution in [0.1, 0.15) is 37.8 Å². The molecule has 5 heteroatoms. The van der Waals surface area contributed by atoms with Crippen LogP contribution in [-0.2, 0) is 22.6 Å². The maximum Gasteiger partial charge on any atom is 0.303 e. The molecule has 0 spiro atoms. The van der Waals surface area contributed by atoms with E-state index in [4.69, 9.17) is 5.11 Å². The molecule has 1 heterocycles. The maximum atomic E-state index is 12.3. The number of carboxylic acids is 1. The van der Waals surface area contributed by atoms with Crippen molar-refractivity contribution in [2.24, 2.45) is 0 Å². The molecule has 5 nitrogen and oxygen atoms in total. The normalized spacial score (nSPS) is 17.9. The lowest BCUT2D eigenvalue weighted by Gasteiger charge is -2.31. The standard InChI is InChI=1S/C16H22N2O3/c1-16(2,8-7-14(19)20)18-15(21)13-9-11-5-3-4-6-12(11)10-17-13/h3-6,13,17H,7-10H2,1-2H3,(H,18,21)(H,19,20)/t13-/m0/s1. The number of nitrogens with one attached hydrogen (secondary N) is 2. The maximum absolute atomic E-state index is 12.3. The minimum absolute atomic E-state index is 0.0498. The number of carboxylic acid groups (broad SMARTS) is 1. The summed E-state index contributed by atoms with van der Waals surface area (Å²) in [7, 11) is 0. The second kappa shape index (κ2) is 6.26. The number of carbonyl (C=O) groups is 2. The molecule has 1 atom stereocenters. The van der Waals surface area contributed by atoms with Crippen LogP contribution < -0.4 is 10.6 Å². The summed E-state index contributed by atoms with van der Waals surface area (Å²) < 4.78 is 0. The summed E-state index contributed by atoms with van der Waals surface area (Å²) in [6, 6.07) is 7.83. The van der Waals surface area contributed by atoms with Crippen molar-refractivity contribution in [2.45, 2.75) is 51.2 Å². The van der Waals surface area contributed by atoms with E-state index in [-0.39, 0.29) is 18.4 Å². The van der Waals surface area contributed by atoms with Gasteiger partial charge in [-0.15, -0.1) is 0 Å². The number of benzene rings is 1. The molecule has 0 fully saturated rings. The second-order valence-corrected chi connectivity index (χ2v) is 6.17. The summed E-state index contributed by atoms with van der Waals surface area (Å²) >= 11 is 0. The van der Waals surface area contributed by atoms with Crippen LogP contribution in [-0.4, -0.2) is 28.6 Å². The van der Waals surface area contributed by atoms with E-state index >= 15 is 0 Å². The van der Waals surface area contributed by atoms with Crippen LogP contribution in [0.5, 0.6) is 0 Å². The van der Waals surface area contributed by atoms with Gasteiger partial charge in [-0.05, 0) is 37.8 Å². The van der Waals surface area contributed by atoms with Crippen LogP contribution in [0.4, 0.5) is 0 Å². The van der Waals surface area contributed by atoms with Crippen LogP contribution in [0.15, 0.2) is 24.3 Å². The van der Waals surface area contributed by atoms with Crippen molar-refractivity contribution in [3.05, 3.63) is 35.4 Å². The topological polar surface area (TPSA) is 78.4 Å². The molecule has 3 N–H and O–H groups in total. The van der Waals surface area contributed by atoms with Gasteiger partial charge in [0.1, 0.15) is 0 Å². The Labute approximate surface area is 124 Å². The molecule has 0 saturated carbocycles. The summed E-state index contributed by atoms with van der Waals surface area (Å²) in [5.41, 5.74) is 1.90. The molecule has 1 aromatic carbocycles. The molecule has 21 heavy (non-hydrogen) atoms. The van der Waals surface area contributed by atoms with Gasteiger partial charge in [0.2, 0.25) is 5.91 Å². The molecule has 1 aliphatic rings. The molecule has 114 valence electrons. The van der Waals surface area contributed by atoms with E-state index in [1.807, 2.05) is 32.0 Å². The van der Waals surface area contributed by atoms with Crippen molar-refractivity contribution in [1.29, 1.82) is 0 Å². The van der Waals surface area contributed by atoms with Crippen molar-refractivity contribution < 1.29 is 14.7 Å². The van der Waals surface area contributed by atoms with E-state index in [0.29, 0.717) is 19.4 Å². The third kappa shape index (κ3) is 4.29. The van der Waals surface area contributed by atoms with Gasteiger partial charge in [-0.25, -0.2) is 0 Å². The smallest absolute Gasteiger partial charge is 0.303 e. The van der Waals surface area contributed by atoms with Gasteiger partial charge in [0.15, 0.2) is 0 Å². The van der Waals surface area contributed by atoms with E-state index in [1.54, 1.807) is 0 Å². The van der Waals surface area contributed by atoms with Gasteiger partial charge < -0.3 is 15.7 Å². The molecule has 0 radical (unpaired) electrons. The van der Waals surface area contributed by atoms with E-state index in [2.05, 4.69) is 16.7 Å². The molecule has 1 amide bonds. The van der Waals surface area contributed by atoms with E-state index < -0.39 is 11.5 Å². The van der Waals surface area contributed by atoms with Crippen molar-refractivity contribution in [2.75, 3.05) is 0 Å². The van der Waals surface area contributed by atoms with Gasteiger partial charge in [-0.3, -0.25) is 9.59 Å². The second-order valence-electron chi connectivity index (χ2n) is 6.17. The highest BCUT2D eigenvalue weighted by atomic mass is 16.4. The first-order chi connectivity index (χ1) is 9.87. The zero-order valence-corrected chi connectivity index (χ0v) is 12.5. The Morgan fingerprint density at radius 3 is 2.67 bits per heavy atom. The molecule has 1 aliphatic heterocycles. The SMILES string of the molecule is CC(C)(CCC(=O)O)NC(=O)[C@@H]1Cc2ccccc2CN1. The Balaban J connectivity index is 1.94. The van der Waals surface area contributed by atoms with Gasteiger partial charge in [0.05, 0.1) is 6.04 Å². The van der Waals surface area contributed by atoms with Crippen molar-refractivity contribution >= 4 is 11.9 Å². The number of fused-ring (bicyclic) bond motifs is 1. The first-order valence-electron chi connectivity index (χ1n) is 7.21. The molecule has 1 aromatic rings. The van der Waals surface area contributed by atoms with Crippen LogP contribution in [0.25, 0.3) is 0 Å². The van der Waals surface area contributed by atoms with E-state index in [0.717, 1.165) is 0 Å². The molecule has 0 bridgehead atoms. The Bertz CT molecular complexity index is 540. The number of amides is 1. The van der Waals surface area contributed by atoms with Crippen LogP contribution in [0.2, 0.25) is 0 Å². The summed E-state index contributed by atoms with van der Waals surface area (Å²) in [4.78, 5) is 23.0. The Kier molecular flexibility index (Phi) is 4.63. The zero-order valence-electron chi connectivity index (χ0n) is 12.5. The summed E-state index contributed by atoms with van der Waals surface area (Å²) in [6.07, 6.45) is 1.13. The lowest BCUT2D eigenvalue weighted by Crippen LogP contribution is -2.54. The number of hydrogen-bond acceptors (Lipinski definition) is 3. The van der Waals surface area contributed by atoms with Crippen LogP contribution >= 0.6 is 0 Å². The zero-order chi connectivity index (χ0) is 15.5. The minimum Gasteiger partial charge on any atom is -0.481 e. The molecule has 0 unspecified atom stereocenters. The first-order valence-corrected chi connectivity index (χ1v) is 7.21. The highest BCUT2D eigenvalue weighted by Gasteiger charge is 2.28. The third-order valence-corrected chi connectivity index (χ3v) is 3.82. The highest BCUT2D eigenvalue weighted by Crippen LogP contribution is 2.18.